The van der Waals surface area contributed by atoms with Gasteiger partial charge in [0.15, 0.2) is 4.80 Å². The summed E-state index contributed by atoms with van der Waals surface area (Å²) in [5.41, 5.74) is 0.792. The fourth-order valence-electron chi connectivity index (χ4n) is 3.70. The Morgan fingerprint density at radius 3 is 2.82 bits per heavy atom. The van der Waals surface area contributed by atoms with E-state index in [1.807, 2.05) is 24.5 Å². The number of esters is 1. The van der Waals surface area contributed by atoms with Crippen LogP contribution in [-0.2, 0) is 30.9 Å². The van der Waals surface area contributed by atoms with E-state index >= 15 is 0 Å². The molecule has 1 aromatic carbocycles. The third-order valence-corrected chi connectivity index (χ3v) is 10.4. The van der Waals surface area contributed by atoms with Crippen molar-refractivity contribution in [2.75, 3.05) is 26.5 Å². The van der Waals surface area contributed by atoms with Crippen molar-refractivity contribution in [3.8, 4) is 0 Å². The summed E-state index contributed by atoms with van der Waals surface area (Å²) < 4.78 is 34.9. The molecule has 2 aromatic heterocycles. The highest BCUT2D eigenvalue weighted by atomic mass is 32.2. The van der Waals surface area contributed by atoms with Gasteiger partial charge in [0, 0.05) is 18.0 Å². The summed E-state index contributed by atoms with van der Waals surface area (Å²) in [6, 6.07) is 9.13. The van der Waals surface area contributed by atoms with Crippen LogP contribution in [0.15, 0.2) is 49.8 Å². The van der Waals surface area contributed by atoms with Gasteiger partial charge in [0.1, 0.15) is 10.8 Å². The zero-order chi connectivity index (χ0) is 23.6. The third-order valence-electron chi connectivity index (χ3n) is 5.43. The van der Waals surface area contributed by atoms with E-state index in [9.17, 15) is 18.0 Å². The Hall–Kier alpha value is -1.99. The van der Waals surface area contributed by atoms with Gasteiger partial charge in [-0.05, 0) is 48.7 Å². The maximum absolute atomic E-state index is 13.1. The molecular weight excluding hydrogens is 503 g/mol. The molecule has 3 aromatic rings. The second-order valence-corrected chi connectivity index (χ2v) is 12.5. The summed E-state index contributed by atoms with van der Waals surface area (Å²) in [6.45, 7) is 0.415. The van der Waals surface area contributed by atoms with E-state index < -0.39 is 21.9 Å². The summed E-state index contributed by atoms with van der Waals surface area (Å²) in [7, 11) is -2.31. The van der Waals surface area contributed by atoms with Gasteiger partial charge in [0.2, 0.25) is 0 Å². The van der Waals surface area contributed by atoms with Crippen molar-refractivity contribution in [3.63, 3.8) is 0 Å². The molecule has 12 heteroatoms. The molecule has 1 unspecified atom stereocenters. The van der Waals surface area contributed by atoms with Gasteiger partial charge in [0.05, 0.1) is 23.2 Å². The lowest BCUT2D eigenvalue weighted by Crippen LogP contribution is -2.42. The second kappa shape index (κ2) is 10.1. The number of ether oxygens (including phenoxy) is 1. The van der Waals surface area contributed by atoms with E-state index in [4.69, 9.17) is 4.74 Å². The van der Waals surface area contributed by atoms with E-state index in [0.29, 0.717) is 24.2 Å². The number of methoxy groups -OCH3 is 1. The van der Waals surface area contributed by atoms with E-state index in [0.717, 1.165) is 15.1 Å². The number of thiazole rings is 1. The van der Waals surface area contributed by atoms with Gasteiger partial charge in [-0.3, -0.25) is 9.59 Å². The first-order valence-electron chi connectivity index (χ1n) is 10.2. The second-order valence-electron chi connectivity index (χ2n) is 7.46. The van der Waals surface area contributed by atoms with Gasteiger partial charge in [-0.15, -0.1) is 23.1 Å². The van der Waals surface area contributed by atoms with Crippen LogP contribution >= 0.6 is 34.4 Å². The molecule has 1 atom stereocenters. The van der Waals surface area contributed by atoms with Crippen LogP contribution in [0.5, 0.6) is 0 Å². The van der Waals surface area contributed by atoms with Crippen LogP contribution in [0.25, 0.3) is 10.2 Å². The zero-order valence-electron chi connectivity index (χ0n) is 18.1. The van der Waals surface area contributed by atoms with E-state index in [-0.39, 0.29) is 23.2 Å². The minimum atomic E-state index is -3.62. The molecule has 1 saturated heterocycles. The average Bonchev–Trinajstić information content (AvgIpc) is 3.48. The molecule has 0 N–H and O–H groups in total. The average molecular weight is 526 g/mol. The van der Waals surface area contributed by atoms with Crippen LogP contribution in [0.3, 0.4) is 0 Å². The van der Waals surface area contributed by atoms with Crippen molar-refractivity contribution in [1.29, 1.82) is 0 Å². The number of thioether (sulfide) groups is 1. The number of rotatable bonds is 6. The lowest BCUT2D eigenvalue weighted by Gasteiger charge is -2.29. The molecule has 0 bridgehead atoms. The van der Waals surface area contributed by atoms with Gasteiger partial charge < -0.3 is 9.30 Å². The number of fused-ring (bicyclic) bond motifs is 1. The van der Waals surface area contributed by atoms with Gasteiger partial charge in [-0.1, -0.05) is 17.4 Å². The summed E-state index contributed by atoms with van der Waals surface area (Å²) in [5.74, 6) is -1.35. The molecular formula is C21H23N3O5S4. The fourth-order valence-corrected chi connectivity index (χ4v) is 7.95. The number of benzene rings is 1. The SMILES string of the molecule is COC(=O)Cn1c(=NC(=O)C2CCCN(S(=O)(=O)c3cccs3)C2)sc2cc(SC)ccc21. The van der Waals surface area contributed by atoms with Crippen LogP contribution in [0.1, 0.15) is 12.8 Å². The van der Waals surface area contributed by atoms with E-state index in [1.54, 1.807) is 33.8 Å². The van der Waals surface area contributed by atoms with Gasteiger partial charge in [0.25, 0.3) is 15.9 Å². The number of carbonyl (C=O) groups excluding carboxylic acids is 2. The molecule has 4 rings (SSSR count). The molecule has 1 aliphatic heterocycles. The highest BCUT2D eigenvalue weighted by Gasteiger charge is 2.33. The number of nitrogens with zero attached hydrogens (tertiary/aromatic N) is 3. The maximum atomic E-state index is 13.1. The molecule has 1 amide bonds. The van der Waals surface area contributed by atoms with Crippen LogP contribution in [-0.4, -0.2) is 55.6 Å². The van der Waals surface area contributed by atoms with E-state index in [2.05, 4.69) is 4.99 Å². The lowest BCUT2D eigenvalue weighted by atomic mass is 9.99. The Bertz CT molecular complexity index is 1340. The highest BCUT2D eigenvalue weighted by Crippen LogP contribution is 2.27. The number of amides is 1. The molecule has 8 nitrogen and oxygen atoms in total. The van der Waals surface area contributed by atoms with Crippen molar-refractivity contribution < 1.29 is 22.7 Å². The Morgan fingerprint density at radius 2 is 2.12 bits per heavy atom. The van der Waals surface area contributed by atoms with Crippen LogP contribution in [0.4, 0.5) is 0 Å². The monoisotopic (exact) mass is 525 g/mol. The summed E-state index contributed by atoms with van der Waals surface area (Å²) in [4.78, 5) is 30.9. The predicted octanol–water partition coefficient (Wildman–Crippen LogP) is 3.19. The van der Waals surface area contributed by atoms with Crippen molar-refractivity contribution in [2.24, 2.45) is 10.9 Å². The van der Waals surface area contributed by atoms with Crippen LogP contribution < -0.4 is 4.80 Å². The quantitative estimate of drug-likeness (QED) is 0.362. The van der Waals surface area contributed by atoms with Crippen LogP contribution in [0.2, 0.25) is 0 Å². The van der Waals surface area contributed by atoms with Crippen LogP contribution in [0, 0.1) is 5.92 Å². The standard InChI is InChI=1S/C21H23N3O5S4/c1-29-18(25)13-24-16-8-7-15(30-2)11-17(16)32-21(24)22-20(26)14-5-3-9-23(12-14)33(27,28)19-6-4-10-31-19/h4,6-8,10-11,14H,3,5,9,12-13H2,1-2H3. The summed E-state index contributed by atoms with van der Waals surface area (Å²) >= 11 is 4.09. The molecule has 0 spiro atoms. The first kappa shape index (κ1) is 24.1. The maximum Gasteiger partial charge on any atom is 0.325 e. The largest absolute Gasteiger partial charge is 0.468 e. The smallest absolute Gasteiger partial charge is 0.325 e. The molecule has 0 aliphatic carbocycles. The van der Waals surface area contributed by atoms with Gasteiger partial charge in [-0.25, -0.2) is 8.42 Å². The zero-order valence-corrected chi connectivity index (χ0v) is 21.4. The number of hydrogen-bond donors (Lipinski definition) is 0. The minimum absolute atomic E-state index is 0.0647. The predicted molar refractivity (Wildman–Crippen MR) is 130 cm³/mol. The molecule has 3 heterocycles. The number of sulfonamides is 1. The number of hydrogen-bond acceptors (Lipinski definition) is 8. The Kier molecular flexibility index (Phi) is 7.39. The molecule has 0 saturated carbocycles. The first-order chi connectivity index (χ1) is 15.8. The Balaban J connectivity index is 1.66. The molecule has 176 valence electrons. The fraction of sp³-hybridized carbons (Fsp3) is 0.381. The lowest BCUT2D eigenvalue weighted by molar-refractivity contribution is -0.141. The topological polar surface area (TPSA) is 98.0 Å². The van der Waals surface area contributed by atoms with Gasteiger partial charge >= 0.3 is 5.97 Å². The Labute approximate surface area is 203 Å². The van der Waals surface area contributed by atoms with Gasteiger partial charge in [-0.2, -0.15) is 9.30 Å². The highest BCUT2D eigenvalue weighted by molar-refractivity contribution is 7.98. The number of piperidine rings is 1. The number of thiophene rings is 1. The number of aromatic nitrogens is 1. The first-order valence-corrected chi connectivity index (χ1v) is 14.6. The Morgan fingerprint density at radius 1 is 1.30 bits per heavy atom. The number of carbonyl (C=O) groups is 2. The van der Waals surface area contributed by atoms with E-state index in [1.165, 1.54) is 34.1 Å². The molecule has 1 fully saturated rings. The normalized spacial score (nSPS) is 18.0. The summed E-state index contributed by atoms with van der Waals surface area (Å²) in [6.07, 6.45) is 3.13. The van der Waals surface area contributed by atoms with Crippen molar-refractivity contribution >= 4 is 66.6 Å². The third kappa shape index (κ3) is 5.09. The minimum Gasteiger partial charge on any atom is -0.468 e. The van der Waals surface area contributed by atoms with Crippen molar-refractivity contribution in [1.82, 2.24) is 8.87 Å². The molecule has 33 heavy (non-hydrogen) atoms. The summed E-state index contributed by atoms with van der Waals surface area (Å²) in [5, 5.41) is 1.72. The van der Waals surface area contributed by atoms with Crippen molar-refractivity contribution in [2.45, 2.75) is 28.5 Å². The molecule has 0 radical (unpaired) electrons. The van der Waals surface area contributed by atoms with Crippen molar-refractivity contribution in [3.05, 3.63) is 40.5 Å². The molecule has 1 aliphatic rings.